The van der Waals surface area contributed by atoms with Gasteiger partial charge in [-0.25, -0.2) is 4.98 Å². The molecular formula is C10H13ClN2OS. The van der Waals surface area contributed by atoms with Crippen molar-refractivity contribution in [3.05, 3.63) is 17.3 Å². The molecule has 3 nitrogen and oxygen atoms in total. The van der Waals surface area contributed by atoms with E-state index in [0.29, 0.717) is 16.1 Å². The Bertz CT molecular complexity index is 342. The molecule has 1 fully saturated rings. The fraction of sp³-hybridized carbons (Fsp3) is 0.500. The molecule has 2 N–H and O–H groups in total. The fourth-order valence-corrected chi connectivity index (χ4v) is 2.77. The van der Waals surface area contributed by atoms with E-state index in [0.717, 1.165) is 31.1 Å². The molecule has 0 unspecified atom stereocenters. The maximum Gasteiger partial charge on any atom is 0.130 e. The minimum atomic E-state index is 0.499. The molecule has 1 saturated heterocycles. The van der Waals surface area contributed by atoms with Gasteiger partial charge >= 0.3 is 0 Å². The van der Waals surface area contributed by atoms with E-state index >= 15 is 0 Å². The molecule has 1 aromatic rings. The van der Waals surface area contributed by atoms with E-state index in [2.05, 4.69) is 4.98 Å². The van der Waals surface area contributed by atoms with Gasteiger partial charge in [0.25, 0.3) is 0 Å². The van der Waals surface area contributed by atoms with Crippen molar-refractivity contribution in [3.8, 4) is 0 Å². The molecule has 1 aliphatic rings. The highest BCUT2D eigenvalue weighted by molar-refractivity contribution is 8.00. The normalized spacial score (nSPS) is 17.9. The molecule has 0 bridgehead atoms. The van der Waals surface area contributed by atoms with Crippen LogP contribution in [-0.4, -0.2) is 23.4 Å². The van der Waals surface area contributed by atoms with Crippen molar-refractivity contribution in [3.63, 3.8) is 0 Å². The quantitative estimate of drug-likeness (QED) is 0.813. The number of rotatable bonds is 2. The van der Waals surface area contributed by atoms with E-state index < -0.39 is 0 Å². The van der Waals surface area contributed by atoms with Gasteiger partial charge in [0.05, 0.1) is 5.69 Å². The summed E-state index contributed by atoms with van der Waals surface area (Å²) in [5.74, 6) is 0. The van der Waals surface area contributed by atoms with Gasteiger partial charge < -0.3 is 10.5 Å². The zero-order chi connectivity index (χ0) is 10.7. The van der Waals surface area contributed by atoms with Crippen molar-refractivity contribution in [2.24, 2.45) is 0 Å². The first-order valence-corrected chi connectivity index (χ1v) is 6.18. The number of nitrogens with two attached hydrogens (primary N) is 1. The lowest BCUT2D eigenvalue weighted by Crippen LogP contribution is -2.17. The van der Waals surface area contributed by atoms with Crippen LogP contribution < -0.4 is 5.73 Å². The van der Waals surface area contributed by atoms with Crippen LogP contribution in [0.3, 0.4) is 0 Å². The van der Waals surface area contributed by atoms with E-state index in [1.54, 1.807) is 23.9 Å². The number of pyridine rings is 1. The Balaban J connectivity index is 2.05. The highest BCUT2D eigenvalue weighted by atomic mass is 35.5. The average molecular weight is 245 g/mol. The Hall–Kier alpha value is -0.450. The van der Waals surface area contributed by atoms with E-state index in [1.807, 2.05) is 0 Å². The molecule has 2 heterocycles. The summed E-state index contributed by atoms with van der Waals surface area (Å²) in [5, 5.41) is 1.89. The second-order valence-corrected chi connectivity index (χ2v) is 5.13. The van der Waals surface area contributed by atoms with Crippen LogP contribution in [0.1, 0.15) is 12.8 Å². The van der Waals surface area contributed by atoms with Gasteiger partial charge in [-0.05, 0) is 25.0 Å². The molecule has 0 spiro atoms. The highest BCUT2D eigenvalue weighted by Crippen LogP contribution is 2.32. The summed E-state index contributed by atoms with van der Waals surface area (Å²) in [6.45, 7) is 1.66. The Morgan fingerprint density at radius 3 is 2.87 bits per heavy atom. The Labute approximate surface area is 98.3 Å². The molecule has 0 aliphatic carbocycles. The standard InChI is InChI=1S/C10H13ClN2OS/c11-9-2-1-8(12)10(13-9)15-7-3-5-14-6-4-7/h1-2,7H,3-6,12H2. The molecule has 1 aromatic heterocycles. The Kier molecular flexibility index (Phi) is 3.72. The van der Waals surface area contributed by atoms with Gasteiger partial charge in [-0.1, -0.05) is 11.6 Å². The number of hydrogen-bond acceptors (Lipinski definition) is 4. The first-order valence-electron chi connectivity index (χ1n) is 4.92. The number of hydrogen-bond donors (Lipinski definition) is 1. The summed E-state index contributed by atoms with van der Waals surface area (Å²) in [4.78, 5) is 4.23. The molecule has 0 amide bonds. The van der Waals surface area contributed by atoms with Crippen molar-refractivity contribution in [1.29, 1.82) is 0 Å². The van der Waals surface area contributed by atoms with Crippen molar-refractivity contribution in [2.75, 3.05) is 18.9 Å². The SMILES string of the molecule is Nc1ccc(Cl)nc1SC1CCOCC1. The molecule has 0 atom stereocenters. The van der Waals surface area contributed by atoms with Crippen molar-refractivity contribution in [1.82, 2.24) is 4.98 Å². The number of ether oxygens (including phenoxy) is 1. The first kappa shape index (κ1) is 11.0. The van der Waals surface area contributed by atoms with Crippen molar-refractivity contribution < 1.29 is 4.74 Å². The molecule has 0 radical (unpaired) electrons. The number of anilines is 1. The lowest BCUT2D eigenvalue weighted by molar-refractivity contribution is 0.1000. The van der Waals surface area contributed by atoms with Crippen LogP contribution in [0.2, 0.25) is 5.15 Å². The topological polar surface area (TPSA) is 48.1 Å². The average Bonchev–Trinajstić information content (AvgIpc) is 2.25. The number of aromatic nitrogens is 1. The maximum atomic E-state index is 5.83. The van der Waals surface area contributed by atoms with Crippen LogP contribution in [0.15, 0.2) is 17.2 Å². The molecule has 5 heteroatoms. The number of thioether (sulfide) groups is 1. The zero-order valence-corrected chi connectivity index (χ0v) is 9.85. The third-order valence-corrected chi connectivity index (χ3v) is 3.87. The lowest BCUT2D eigenvalue weighted by atomic mass is 10.2. The molecular weight excluding hydrogens is 232 g/mol. The van der Waals surface area contributed by atoms with Gasteiger partial charge in [0, 0.05) is 18.5 Å². The minimum Gasteiger partial charge on any atom is -0.397 e. The Morgan fingerprint density at radius 1 is 1.40 bits per heavy atom. The number of nitrogen functional groups attached to an aromatic ring is 1. The predicted octanol–water partition coefficient (Wildman–Crippen LogP) is 2.59. The molecule has 0 saturated carbocycles. The highest BCUT2D eigenvalue weighted by Gasteiger charge is 2.17. The van der Waals surface area contributed by atoms with Gasteiger partial charge in [-0.3, -0.25) is 0 Å². The largest absolute Gasteiger partial charge is 0.397 e. The molecule has 1 aliphatic heterocycles. The van der Waals surface area contributed by atoms with Gasteiger partial charge in [-0.2, -0.15) is 0 Å². The summed E-state index contributed by atoms with van der Waals surface area (Å²) < 4.78 is 5.30. The summed E-state index contributed by atoms with van der Waals surface area (Å²) in [7, 11) is 0. The summed E-state index contributed by atoms with van der Waals surface area (Å²) in [6.07, 6.45) is 2.11. The lowest BCUT2D eigenvalue weighted by Gasteiger charge is -2.21. The third kappa shape index (κ3) is 3.00. The van der Waals surface area contributed by atoms with Crippen LogP contribution >= 0.6 is 23.4 Å². The number of halogens is 1. The second kappa shape index (κ2) is 5.05. The molecule has 82 valence electrons. The minimum absolute atomic E-state index is 0.499. The van der Waals surface area contributed by atoms with Crippen LogP contribution in [-0.2, 0) is 4.74 Å². The number of nitrogens with zero attached hydrogens (tertiary/aromatic N) is 1. The summed E-state index contributed by atoms with van der Waals surface area (Å²) in [5.41, 5.74) is 6.54. The maximum absolute atomic E-state index is 5.83. The summed E-state index contributed by atoms with van der Waals surface area (Å²) >= 11 is 7.53. The molecule has 15 heavy (non-hydrogen) atoms. The van der Waals surface area contributed by atoms with Gasteiger partial charge in [0.15, 0.2) is 0 Å². The molecule has 0 aromatic carbocycles. The van der Waals surface area contributed by atoms with Crippen LogP contribution in [0, 0.1) is 0 Å². The van der Waals surface area contributed by atoms with Gasteiger partial charge in [-0.15, -0.1) is 11.8 Å². The van der Waals surface area contributed by atoms with Crippen LogP contribution in [0.25, 0.3) is 0 Å². The van der Waals surface area contributed by atoms with E-state index in [9.17, 15) is 0 Å². The van der Waals surface area contributed by atoms with Gasteiger partial charge in [0.1, 0.15) is 10.2 Å². The molecule has 2 rings (SSSR count). The second-order valence-electron chi connectivity index (χ2n) is 3.46. The first-order chi connectivity index (χ1) is 7.25. The smallest absolute Gasteiger partial charge is 0.130 e. The zero-order valence-electron chi connectivity index (χ0n) is 8.28. The van der Waals surface area contributed by atoms with E-state index in [4.69, 9.17) is 22.1 Å². The van der Waals surface area contributed by atoms with Gasteiger partial charge in [0.2, 0.25) is 0 Å². The third-order valence-electron chi connectivity index (χ3n) is 2.30. The van der Waals surface area contributed by atoms with Crippen LogP contribution in [0.4, 0.5) is 5.69 Å². The monoisotopic (exact) mass is 244 g/mol. The van der Waals surface area contributed by atoms with Crippen molar-refractivity contribution in [2.45, 2.75) is 23.1 Å². The van der Waals surface area contributed by atoms with Crippen LogP contribution in [0.5, 0.6) is 0 Å². The van der Waals surface area contributed by atoms with Crippen molar-refractivity contribution >= 4 is 29.1 Å². The predicted molar refractivity (Wildman–Crippen MR) is 63.4 cm³/mol. The fourth-order valence-electron chi connectivity index (χ4n) is 1.47. The van der Waals surface area contributed by atoms with E-state index in [-0.39, 0.29) is 0 Å². The summed E-state index contributed by atoms with van der Waals surface area (Å²) in [6, 6.07) is 3.52. The Morgan fingerprint density at radius 2 is 2.13 bits per heavy atom. The van der Waals surface area contributed by atoms with E-state index in [1.165, 1.54) is 0 Å².